The van der Waals surface area contributed by atoms with E-state index in [1.54, 1.807) is 4.90 Å². The molecule has 3 heterocycles. The standard InChI is InChI=1S/C22H23F3N2O3/c23-22(24,25)19-18(10-5-11-26-19)21(29)12-16-8-4-9-17(13-21)27(16)20(28)30-14-15-6-2-1-3-7-15/h1-3,5-7,10-11,16-17,29H,4,8-9,12-14H2. The first-order valence-corrected chi connectivity index (χ1v) is 10.0. The van der Waals surface area contributed by atoms with E-state index in [-0.39, 0.29) is 37.1 Å². The number of carbonyl (C=O) groups is 1. The Morgan fingerprint density at radius 3 is 2.43 bits per heavy atom. The number of alkyl halides is 3. The highest BCUT2D eigenvalue weighted by molar-refractivity contribution is 5.69. The lowest BCUT2D eigenvalue weighted by atomic mass is 9.72. The van der Waals surface area contributed by atoms with Crippen molar-refractivity contribution in [3.63, 3.8) is 0 Å². The minimum atomic E-state index is -4.66. The number of fused-ring (bicyclic) bond motifs is 2. The van der Waals surface area contributed by atoms with Gasteiger partial charge in [0.25, 0.3) is 0 Å². The molecule has 1 aromatic heterocycles. The molecule has 8 heteroatoms. The van der Waals surface area contributed by atoms with Crippen LogP contribution in [0.3, 0.4) is 0 Å². The van der Waals surface area contributed by atoms with E-state index in [0.717, 1.165) is 18.2 Å². The van der Waals surface area contributed by atoms with E-state index in [0.29, 0.717) is 12.8 Å². The molecule has 0 spiro atoms. The first-order valence-electron chi connectivity index (χ1n) is 10.0. The second-order valence-electron chi connectivity index (χ2n) is 8.02. The SMILES string of the molecule is O=C(OCc1ccccc1)N1C2CCCC1CC(O)(c1cccnc1C(F)(F)F)C2. The number of aromatic nitrogens is 1. The van der Waals surface area contributed by atoms with Crippen molar-refractivity contribution in [3.05, 3.63) is 65.5 Å². The van der Waals surface area contributed by atoms with E-state index in [1.165, 1.54) is 12.1 Å². The molecule has 2 fully saturated rings. The molecule has 0 radical (unpaired) electrons. The Morgan fingerprint density at radius 2 is 1.80 bits per heavy atom. The number of hydrogen-bond donors (Lipinski definition) is 1. The van der Waals surface area contributed by atoms with E-state index in [4.69, 9.17) is 4.74 Å². The van der Waals surface area contributed by atoms with Crippen LogP contribution in [-0.4, -0.2) is 33.2 Å². The quantitative estimate of drug-likeness (QED) is 0.786. The smallest absolute Gasteiger partial charge is 0.433 e. The number of aliphatic hydroxyl groups is 1. The van der Waals surface area contributed by atoms with Gasteiger partial charge in [-0.25, -0.2) is 4.79 Å². The van der Waals surface area contributed by atoms with Gasteiger partial charge in [-0.2, -0.15) is 13.2 Å². The van der Waals surface area contributed by atoms with Gasteiger partial charge < -0.3 is 14.7 Å². The maximum absolute atomic E-state index is 13.5. The summed E-state index contributed by atoms with van der Waals surface area (Å²) in [7, 11) is 0. The van der Waals surface area contributed by atoms with Gasteiger partial charge in [-0.3, -0.25) is 4.98 Å². The highest BCUT2D eigenvalue weighted by Crippen LogP contribution is 2.47. The lowest BCUT2D eigenvalue weighted by molar-refractivity contribution is -0.148. The fourth-order valence-electron chi connectivity index (χ4n) is 4.75. The van der Waals surface area contributed by atoms with Crippen LogP contribution in [0.2, 0.25) is 0 Å². The van der Waals surface area contributed by atoms with Crippen molar-refractivity contribution in [1.82, 2.24) is 9.88 Å². The van der Waals surface area contributed by atoms with Crippen LogP contribution in [0.15, 0.2) is 48.7 Å². The summed E-state index contributed by atoms with van der Waals surface area (Å²) in [6.45, 7) is 0.126. The zero-order valence-corrected chi connectivity index (χ0v) is 16.3. The topological polar surface area (TPSA) is 62.7 Å². The van der Waals surface area contributed by atoms with Gasteiger partial charge in [-0.15, -0.1) is 0 Å². The highest BCUT2D eigenvalue weighted by Gasteiger charge is 2.51. The molecule has 2 aliphatic heterocycles. The summed E-state index contributed by atoms with van der Waals surface area (Å²) in [5.74, 6) is 0. The number of ether oxygens (including phenoxy) is 1. The summed E-state index contributed by atoms with van der Waals surface area (Å²) in [6.07, 6.45) is -1.94. The van der Waals surface area contributed by atoms with Crippen molar-refractivity contribution in [3.8, 4) is 0 Å². The summed E-state index contributed by atoms with van der Waals surface area (Å²) in [4.78, 5) is 17.9. The average Bonchev–Trinajstić information content (AvgIpc) is 2.71. The first kappa shape index (κ1) is 20.7. The maximum Gasteiger partial charge on any atom is 0.433 e. The Balaban J connectivity index is 1.55. The molecular weight excluding hydrogens is 397 g/mol. The van der Waals surface area contributed by atoms with Crippen LogP contribution in [0, 0.1) is 0 Å². The molecule has 1 amide bonds. The summed E-state index contributed by atoms with van der Waals surface area (Å²) in [5, 5.41) is 11.3. The fourth-order valence-corrected chi connectivity index (χ4v) is 4.75. The number of nitrogens with zero attached hydrogens (tertiary/aromatic N) is 2. The predicted octanol–water partition coefficient (Wildman–Crippen LogP) is 4.64. The number of benzene rings is 1. The molecule has 0 saturated carbocycles. The van der Waals surface area contributed by atoms with Crippen LogP contribution in [-0.2, 0) is 23.1 Å². The zero-order chi connectivity index (χ0) is 21.4. The molecule has 160 valence electrons. The molecule has 1 N–H and O–H groups in total. The molecule has 0 aliphatic carbocycles. The first-order chi connectivity index (χ1) is 14.3. The van der Waals surface area contributed by atoms with Crippen LogP contribution in [0.25, 0.3) is 0 Å². The summed E-state index contributed by atoms with van der Waals surface area (Å²) in [5.41, 5.74) is -2.11. The van der Waals surface area contributed by atoms with Crippen molar-refractivity contribution >= 4 is 6.09 Å². The molecule has 2 aliphatic rings. The lowest BCUT2D eigenvalue weighted by Gasteiger charge is -2.51. The van der Waals surface area contributed by atoms with Gasteiger partial charge in [-0.05, 0) is 30.9 Å². The Labute approximate surface area is 172 Å². The number of hydrogen-bond acceptors (Lipinski definition) is 4. The molecule has 1 aromatic carbocycles. The molecule has 2 aromatic rings. The molecule has 4 rings (SSSR count). The lowest BCUT2D eigenvalue weighted by Crippen LogP contribution is -2.59. The Bertz CT molecular complexity index is 890. The monoisotopic (exact) mass is 420 g/mol. The van der Waals surface area contributed by atoms with Crippen LogP contribution < -0.4 is 0 Å². The van der Waals surface area contributed by atoms with Crippen molar-refractivity contribution in [2.24, 2.45) is 0 Å². The Kier molecular flexibility index (Phi) is 5.44. The van der Waals surface area contributed by atoms with Gasteiger partial charge in [0, 0.05) is 36.7 Å². The number of pyridine rings is 1. The second-order valence-corrected chi connectivity index (χ2v) is 8.02. The largest absolute Gasteiger partial charge is 0.445 e. The van der Waals surface area contributed by atoms with Crippen LogP contribution >= 0.6 is 0 Å². The van der Waals surface area contributed by atoms with E-state index >= 15 is 0 Å². The van der Waals surface area contributed by atoms with Crippen molar-refractivity contribution < 1.29 is 27.8 Å². The van der Waals surface area contributed by atoms with E-state index in [2.05, 4.69) is 4.98 Å². The molecule has 2 unspecified atom stereocenters. The van der Waals surface area contributed by atoms with Gasteiger partial charge in [-0.1, -0.05) is 36.4 Å². The number of piperidine rings is 2. The van der Waals surface area contributed by atoms with Crippen LogP contribution in [0.5, 0.6) is 0 Å². The predicted molar refractivity (Wildman–Crippen MR) is 102 cm³/mol. The number of rotatable bonds is 3. The van der Waals surface area contributed by atoms with Crippen molar-refractivity contribution in [1.29, 1.82) is 0 Å². The second kappa shape index (κ2) is 7.91. The molecule has 2 saturated heterocycles. The van der Waals surface area contributed by atoms with Gasteiger partial charge in [0.05, 0.1) is 5.60 Å². The minimum Gasteiger partial charge on any atom is -0.445 e. The van der Waals surface area contributed by atoms with Crippen molar-refractivity contribution in [2.75, 3.05) is 0 Å². The molecule has 30 heavy (non-hydrogen) atoms. The molecule has 5 nitrogen and oxygen atoms in total. The maximum atomic E-state index is 13.5. The minimum absolute atomic E-state index is 0.0265. The van der Waals surface area contributed by atoms with Gasteiger partial charge in [0.1, 0.15) is 12.3 Å². The third-order valence-corrected chi connectivity index (χ3v) is 6.00. The Morgan fingerprint density at radius 1 is 1.13 bits per heavy atom. The molecule has 2 atom stereocenters. The van der Waals surface area contributed by atoms with Crippen LogP contribution in [0.4, 0.5) is 18.0 Å². The number of carbonyl (C=O) groups excluding carboxylic acids is 1. The van der Waals surface area contributed by atoms with Gasteiger partial charge >= 0.3 is 12.3 Å². The van der Waals surface area contributed by atoms with E-state index in [9.17, 15) is 23.1 Å². The third-order valence-electron chi connectivity index (χ3n) is 6.00. The molecule has 2 bridgehead atoms. The van der Waals surface area contributed by atoms with E-state index < -0.39 is 23.6 Å². The summed E-state index contributed by atoms with van der Waals surface area (Å²) in [6, 6.07) is 11.2. The number of halogens is 3. The highest BCUT2D eigenvalue weighted by atomic mass is 19.4. The number of amides is 1. The fraction of sp³-hybridized carbons (Fsp3) is 0.455. The Hall–Kier alpha value is -2.61. The zero-order valence-electron chi connectivity index (χ0n) is 16.3. The van der Waals surface area contributed by atoms with Crippen molar-refractivity contribution in [2.45, 2.75) is 62.6 Å². The molecular formula is C22H23F3N2O3. The average molecular weight is 420 g/mol. The van der Waals surface area contributed by atoms with Crippen LogP contribution in [0.1, 0.15) is 48.9 Å². The third kappa shape index (κ3) is 4.01. The van der Waals surface area contributed by atoms with E-state index in [1.807, 2.05) is 30.3 Å². The van der Waals surface area contributed by atoms with Gasteiger partial charge in [0.15, 0.2) is 0 Å². The summed E-state index contributed by atoms with van der Waals surface area (Å²) < 4.78 is 45.9. The van der Waals surface area contributed by atoms with Gasteiger partial charge in [0.2, 0.25) is 0 Å². The normalized spacial score (nSPS) is 26.3. The summed E-state index contributed by atoms with van der Waals surface area (Å²) >= 11 is 0.